The third-order valence-electron chi connectivity index (χ3n) is 2.95. The lowest BCUT2D eigenvalue weighted by molar-refractivity contribution is -0.274. The van der Waals surface area contributed by atoms with Gasteiger partial charge in [-0.05, 0) is 31.0 Å². The molecular formula is C12H11BrF3NO4S. The number of amides is 1. The van der Waals surface area contributed by atoms with Gasteiger partial charge in [-0.3, -0.25) is 4.79 Å². The summed E-state index contributed by atoms with van der Waals surface area (Å²) in [5.41, 5.74) is -0.305. The van der Waals surface area contributed by atoms with Crippen LogP contribution in [0.3, 0.4) is 0 Å². The minimum absolute atomic E-state index is 0.0170. The summed E-state index contributed by atoms with van der Waals surface area (Å²) in [5.74, 6) is -1.46. The van der Waals surface area contributed by atoms with Crippen LogP contribution in [0.4, 0.5) is 13.2 Å². The van der Waals surface area contributed by atoms with E-state index in [0.29, 0.717) is 22.5 Å². The van der Waals surface area contributed by atoms with Gasteiger partial charge in [0.25, 0.3) is 15.9 Å². The van der Waals surface area contributed by atoms with Crippen molar-refractivity contribution >= 4 is 31.9 Å². The number of ether oxygens (including phenoxy) is 1. The Morgan fingerprint density at radius 1 is 1.23 bits per heavy atom. The number of rotatable bonds is 5. The zero-order valence-electron chi connectivity index (χ0n) is 11.1. The van der Waals surface area contributed by atoms with Crippen molar-refractivity contribution in [2.75, 3.05) is 11.9 Å². The first-order chi connectivity index (χ1) is 10.2. The second-order valence-electron chi connectivity index (χ2n) is 4.48. The Labute approximate surface area is 133 Å². The largest absolute Gasteiger partial charge is 0.573 e. The number of nitrogens with zero attached hydrogens (tertiary/aromatic N) is 1. The normalized spacial score (nSPS) is 16.7. The summed E-state index contributed by atoms with van der Waals surface area (Å²) in [7, 11) is -4.00. The molecule has 0 fully saturated rings. The van der Waals surface area contributed by atoms with Crippen LogP contribution >= 0.6 is 15.9 Å². The first kappa shape index (κ1) is 17.1. The molecule has 1 aromatic rings. The molecule has 1 aromatic carbocycles. The van der Waals surface area contributed by atoms with Crippen molar-refractivity contribution in [3.63, 3.8) is 0 Å². The van der Waals surface area contributed by atoms with Gasteiger partial charge in [0.2, 0.25) is 0 Å². The molecule has 10 heteroatoms. The summed E-state index contributed by atoms with van der Waals surface area (Å²) in [6, 6.07) is 2.63. The van der Waals surface area contributed by atoms with Crippen LogP contribution in [0.1, 0.15) is 23.2 Å². The van der Waals surface area contributed by atoms with Crippen LogP contribution in [0.15, 0.2) is 23.1 Å². The third kappa shape index (κ3) is 3.37. The van der Waals surface area contributed by atoms with Gasteiger partial charge in [-0.25, -0.2) is 12.7 Å². The van der Waals surface area contributed by atoms with E-state index in [2.05, 4.69) is 20.7 Å². The molecule has 0 atom stereocenters. The first-order valence-electron chi connectivity index (χ1n) is 6.19. The van der Waals surface area contributed by atoms with Gasteiger partial charge in [-0.15, -0.1) is 13.2 Å². The number of alkyl halides is 4. The third-order valence-corrected chi connectivity index (χ3v) is 5.36. The van der Waals surface area contributed by atoms with Crippen molar-refractivity contribution < 1.29 is 31.1 Å². The summed E-state index contributed by atoms with van der Waals surface area (Å²) >= 11 is 3.19. The number of fused-ring (bicyclic) bond motifs is 1. The molecule has 122 valence electrons. The van der Waals surface area contributed by atoms with Crippen molar-refractivity contribution in [3.05, 3.63) is 23.8 Å². The summed E-state index contributed by atoms with van der Waals surface area (Å²) in [6.45, 7) is -0.0170. The maximum Gasteiger partial charge on any atom is 0.573 e. The second kappa shape index (κ2) is 6.07. The molecule has 0 spiro atoms. The van der Waals surface area contributed by atoms with Gasteiger partial charge in [0.05, 0.1) is 5.56 Å². The van der Waals surface area contributed by atoms with Crippen molar-refractivity contribution in [2.24, 2.45) is 0 Å². The van der Waals surface area contributed by atoms with E-state index >= 15 is 0 Å². The molecular weight excluding hydrogens is 391 g/mol. The fourth-order valence-corrected chi connectivity index (χ4v) is 4.02. The quantitative estimate of drug-likeness (QED) is 0.562. The van der Waals surface area contributed by atoms with E-state index in [1.807, 2.05) is 0 Å². The SMILES string of the molecule is O=C1c2cc(OC(F)(F)F)ccc2S(=O)(=O)N1CCCCBr. The highest BCUT2D eigenvalue weighted by molar-refractivity contribution is 9.09. The molecule has 0 saturated carbocycles. The molecule has 1 heterocycles. The Kier molecular flexibility index (Phi) is 4.71. The van der Waals surface area contributed by atoms with Crippen LogP contribution in [0.5, 0.6) is 5.75 Å². The van der Waals surface area contributed by atoms with Gasteiger partial charge >= 0.3 is 6.36 Å². The molecule has 0 aromatic heterocycles. The first-order valence-corrected chi connectivity index (χ1v) is 8.76. The summed E-state index contributed by atoms with van der Waals surface area (Å²) in [6.07, 6.45) is -3.79. The number of unbranched alkanes of at least 4 members (excludes halogenated alkanes) is 1. The molecule has 0 N–H and O–H groups in total. The molecule has 0 saturated heterocycles. The van der Waals surface area contributed by atoms with Gasteiger partial charge in [-0.2, -0.15) is 0 Å². The maximum atomic E-state index is 12.2. The predicted molar refractivity (Wildman–Crippen MR) is 74.4 cm³/mol. The van der Waals surface area contributed by atoms with Gasteiger partial charge < -0.3 is 4.74 Å². The van der Waals surface area contributed by atoms with E-state index in [9.17, 15) is 26.4 Å². The van der Waals surface area contributed by atoms with Crippen LogP contribution in [-0.4, -0.2) is 36.9 Å². The highest BCUT2D eigenvalue weighted by Crippen LogP contribution is 2.34. The zero-order chi connectivity index (χ0) is 16.5. The van der Waals surface area contributed by atoms with Gasteiger partial charge in [0, 0.05) is 11.9 Å². The molecule has 0 bridgehead atoms. The monoisotopic (exact) mass is 401 g/mol. The lowest BCUT2D eigenvalue weighted by Crippen LogP contribution is -2.31. The van der Waals surface area contributed by atoms with Crippen molar-refractivity contribution in [1.82, 2.24) is 4.31 Å². The lowest BCUT2D eigenvalue weighted by Gasteiger charge is -2.14. The average Bonchev–Trinajstić information content (AvgIpc) is 2.57. The zero-order valence-corrected chi connectivity index (χ0v) is 13.5. The average molecular weight is 402 g/mol. The molecule has 0 unspecified atom stereocenters. The number of hydrogen-bond acceptors (Lipinski definition) is 4. The Morgan fingerprint density at radius 3 is 2.50 bits per heavy atom. The molecule has 5 nitrogen and oxygen atoms in total. The number of halogens is 4. The van der Waals surface area contributed by atoms with E-state index in [1.54, 1.807) is 0 Å². The lowest BCUT2D eigenvalue weighted by atomic mass is 10.2. The smallest absolute Gasteiger partial charge is 0.406 e. The highest BCUT2D eigenvalue weighted by atomic mass is 79.9. The van der Waals surface area contributed by atoms with Crippen LogP contribution < -0.4 is 4.74 Å². The van der Waals surface area contributed by atoms with Crippen molar-refractivity contribution in [3.8, 4) is 5.75 Å². The Hall–Kier alpha value is -1.29. The standard InChI is InChI=1S/C12H11BrF3NO4S/c13-5-1-2-6-17-11(18)9-7-8(21-12(14,15)16)3-4-10(9)22(17,19)20/h3-4,7H,1-2,5-6H2. The minimum Gasteiger partial charge on any atom is -0.406 e. The van der Waals surface area contributed by atoms with Gasteiger partial charge in [0.1, 0.15) is 10.6 Å². The van der Waals surface area contributed by atoms with Crippen molar-refractivity contribution in [2.45, 2.75) is 24.1 Å². The molecule has 0 aliphatic carbocycles. The molecule has 22 heavy (non-hydrogen) atoms. The number of carbonyl (C=O) groups is 1. The Bertz CT molecular complexity index is 690. The number of benzene rings is 1. The van der Waals surface area contributed by atoms with E-state index in [-0.39, 0.29) is 17.0 Å². The van der Waals surface area contributed by atoms with Gasteiger partial charge in [0.15, 0.2) is 0 Å². The summed E-state index contributed by atoms with van der Waals surface area (Å²) in [4.78, 5) is 11.8. The Balaban J connectivity index is 2.32. The summed E-state index contributed by atoms with van der Waals surface area (Å²) < 4.78 is 65.4. The molecule has 1 aliphatic heterocycles. The van der Waals surface area contributed by atoms with E-state index in [1.165, 1.54) is 0 Å². The number of hydrogen-bond donors (Lipinski definition) is 0. The van der Waals surface area contributed by atoms with Crippen molar-refractivity contribution in [1.29, 1.82) is 0 Å². The maximum absolute atomic E-state index is 12.2. The molecule has 1 aliphatic rings. The van der Waals surface area contributed by atoms with E-state index in [4.69, 9.17) is 0 Å². The van der Waals surface area contributed by atoms with Crippen LogP contribution in [0.25, 0.3) is 0 Å². The highest BCUT2D eigenvalue weighted by Gasteiger charge is 2.41. The number of sulfonamides is 1. The predicted octanol–water partition coefficient (Wildman–Crippen LogP) is 2.90. The topological polar surface area (TPSA) is 63.7 Å². The molecule has 0 radical (unpaired) electrons. The fraction of sp³-hybridized carbons (Fsp3) is 0.417. The van der Waals surface area contributed by atoms with E-state index < -0.39 is 28.0 Å². The van der Waals surface area contributed by atoms with Gasteiger partial charge in [-0.1, -0.05) is 15.9 Å². The fourth-order valence-electron chi connectivity index (χ4n) is 2.03. The molecule has 2 rings (SSSR count). The molecule has 1 amide bonds. The Morgan fingerprint density at radius 2 is 1.91 bits per heavy atom. The van der Waals surface area contributed by atoms with Crippen LogP contribution in [0.2, 0.25) is 0 Å². The van der Waals surface area contributed by atoms with E-state index in [0.717, 1.165) is 18.2 Å². The number of carbonyl (C=O) groups excluding carboxylic acids is 1. The second-order valence-corrected chi connectivity index (χ2v) is 7.11. The summed E-state index contributed by atoms with van der Waals surface area (Å²) in [5, 5.41) is 0.658. The van der Waals surface area contributed by atoms with Crippen LogP contribution in [0, 0.1) is 0 Å². The van der Waals surface area contributed by atoms with Crippen LogP contribution in [-0.2, 0) is 10.0 Å². The minimum atomic E-state index is -4.91.